The molecule has 1 aromatic rings. The maximum absolute atomic E-state index is 12.8. The molecule has 0 heterocycles. The van der Waals surface area contributed by atoms with E-state index < -0.39 is 5.23 Å². The Labute approximate surface area is 235 Å². The van der Waals surface area contributed by atoms with Crippen LogP contribution in [0.3, 0.4) is 0 Å². The summed E-state index contributed by atoms with van der Waals surface area (Å²) in [5, 5.41) is 19.3. The van der Waals surface area contributed by atoms with Crippen LogP contribution in [-0.2, 0) is 4.74 Å². The van der Waals surface area contributed by atoms with E-state index in [0.29, 0.717) is 11.0 Å². The lowest BCUT2D eigenvalue weighted by Gasteiger charge is -2.58. The summed E-state index contributed by atoms with van der Waals surface area (Å²) in [5.74, 6) is 4.60. The van der Waals surface area contributed by atoms with Crippen molar-refractivity contribution in [3.8, 4) is 0 Å². The normalized spacial score (nSPS) is 37.3. The maximum Gasteiger partial charge on any atom is 0.338 e. The first kappa shape index (κ1) is 28.8. The van der Waals surface area contributed by atoms with Crippen LogP contribution in [0.5, 0.6) is 0 Å². The minimum atomic E-state index is -0.990. The van der Waals surface area contributed by atoms with Crippen LogP contribution in [0, 0.1) is 51.5 Å². The topological polar surface area (TPSA) is 74.0 Å². The first-order valence-corrected chi connectivity index (χ1v) is 15.8. The average Bonchev–Trinajstić information content (AvgIpc) is 3.26. The number of carbonyl (C=O) groups excluding carboxylic acids is 1. The Kier molecular flexibility index (Phi) is 8.35. The van der Waals surface area contributed by atoms with Gasteiger partial charge in [0.05, 0.1) is 5.56 Å². The predicted molar refractivity (Wildman–Crippen MR) is 154 cm³/mol. The Morgan fingerprint density at radius 1 is 1.05 bits per heavy atom. The highest BCUT2D eigenvalue weighted by molar-refractivity contribution is 5.89. The second-order valence-electron chi connectivity index (χ2n) is 14.4. The summed E-state index contributed by atoms with van der Waals surface area (Å²) in [4.78, 5) is 12.8. The molecule has 0 spiro atoms. The third kappa shape index (κ3) is 5.48. The molecule has 216 valence electrons. The molecular formula is C34H51NO4. The van der Waals surface area contributed by atoms with E-state index in [-0.39, 0.29) is 23.2 Å². The Morgan fingerprint density at radius 2 is 1.79 bits per heavy atom. The zero-order chi connectivity index (χ0) is 27.9. The molecule has 5 nitrogen and oxygen atoms in total. The molecule has 5 rings (SSSR count). The number of rotatable bonds is 8. The Balaban J connectivity index is 1.23. The largest absolute Gasteiger partial charge is 0.595 e. The molecule has 39 heavy (non-hydrogen) atoms. The lowest BCUT2D eigenvalue weighted by molar-refractivity contribution is -0.991. The molecule has 4 aliphatic carbocycles. The Bertz CT molecular complexity index is 1050. The van der Waals surface area contributed by atoms with Gasteiger partial charge < -0.3 is 9.94 Å². The molecule has 1 aromatic carbocycles. The van der Waals surface area contributed by atoms with E-state index in [1.54, 1.807) is 12.1 Å². The second kappa shape index (κ2) is 11.3. The first-order valence-electron chi connectivity index (χ1n) is 15.8. The smallest absolute Gasteiger partial charge is 0.338 e. The molecule has 9 atom stereocenters. The van der Waals surface area contributed by atoms with Gasteiger partial charge in [0.2, 0.25) is 0 Å². The highest BCUT2D eigenvalue weighted by atomic mass is 16.8. The van der Waals surface area contributed by atoms with Gasteiger partial charge in [-0.1, -0.05) is 65.5 Å². The Morgan fingerprint density at radius 3 is 2.49 bits per heavy atom. The molecule has 0 saturated heterocycles. The van der Waals surface area contributed by atoms with E-state index >= 15 is 0 Å². The van der Waals surface area contributed by atoms with E-state index in [4.69, 9.17) is 9.94 Å². The third-order valence-corrected chi connectivity index (χ3v) is 11.9. The number of fused-ring (bicyclic) bond motifs is 5. The van der Waals surface area contributed by atoms with Gasteiger partial charge in [0.25, 0.3) is 0 Å². The molecule has 0 radical (unpaired) electrons. The molecule has 2 N–H and O–H groups in total. The average molecular weight is 538 g/mol. The second-order valence-corrected chi connectivity index (χ2v) is 14.4. The van der Waals surface area contributed by atoms with Crippen LogP contribution in [0.2, 0.25) is 0 Å². The van der Waals surface area contributed by atoms with Crippen molar-refractivity contribution in [3.05, 3.63) is 46.7 Å². The number of hydrogen-bond acceptors (Lipinski definition) is 4. The molecule has 0 amide bonds. The van der Waals surface area contributed by atoms with Gasteiger partial charge in [0.15, 0.2) is 5.69 Å². The molecule has 5 heteroatoms. The van der Waals surface area contributed by atoms with Gasteiger partial charge in [0, 0.05) is 18.6 Å². The fourth-order valence-corrected chi connectivity index (χ4v) is 9.72. The van der Waals surface area contributed by atoms with Gasteiger partial charge in [0.1, 0.15) is 6.10 Å². The summed E-state index contributed by atoms with van der Waals surface area (Å²) in [7, 11) is 0. The SMILES string of the molecule is CC(C)CCC[C@@H](C)[C@@H]1CC[C@@H]2[C@@H]3CC=C4C[C@@H](OC(=O)c5ccc([NH+]([O-])O)cc5)CC[C@]4(C)[C@@H]3CC[C@@]21C. The molecule has 3 fully saturated rings. The van der Waals surface area contributed by atoms with Crippen LogP contribution >= 0.6 is 0 Å². The molecule has 0 aromatic heterocycles. The van der Waals surface area contributed by atoms with Crippen LogP contribution in [0.1, 0.15) is 116 Å². The van der Waals surface area contributed by atoms with Gasteiger partial charge in [-0.05, 0) is 103 Å². The molecule has 1 unspecified atom stereocenters. The van der Waals surface area contributed by atoms with E-state index in [1.807, 2.05) is 0 Å². The van der Waals surface area contributed by atoms with Crippen molar-refractivity contribution in [2.24, 2.45) is 46.3 Å². The quantitative estimate of drug-likeness (QED) is 0.203. The highest BCUT2D eigenvalue weighted by Gasteiger charge is 2.59. The van der Waals surface area contributed by atoms with Gasteiger partial charge in [-0.15, -0.1) is 0 Å². The number of nitrogens with one attached hydrogen (secondary N) is 1. The molecular weight excluding hydrogens is 486 g/mol. The van der Waals surface area contributed by atoms with Gasteiger partial charge in [-0.3, -0.25) is 0 Å². The zero-order valence-corrected chi connectivity index (χ0v) is 24.9. The minimum absolute atomic E-state index is 0.0936. The van der Waals surface area contributed by atoms with E-state index in [0.717, 1.165) is 54.8 Å². The van der Waals surface area contributed by atoms with Gasteiger partial charge >= 0.3 is 5.97 Å². The van der Waals surface area contributed by atoms with Crippen molar-refractivity contribution < 1.29 is 20.0 Å². The summed E-state index contributed by atoms with van der Waals surface area (Å²) in [6, 6.07) is 6.06. The van der Waals surface area contributed by atoms with Crippen molar-refractivity contribution in [2.75, 3.05) is 0 Å². The number of esters is 1. The fraction of sp³-hybridized carbons (Fsp3) is 0.735. The molecule has 0 aliphatic heterocycles. The standard InChI is InChI=1S/C34H51NO4/c1-22(2)7-6-8-23(3)29-15-16-30-28-14-11-25-21-27(17-19-33(25,4)31(28)18-20-34(29,30)5)39-32(36)24-9-12-26(13-10-24)35(37)38/h9-13,22-23,27-31,35,37H,6-8,14-21H2,1-5H3/t23-,27+,28+,29+,30-,31-,33+,34-/m1/s1. The summed E-state index contributed by atoms with van der Waals surface area (Å²) in [6.07, 6.45) is 16.2. The van der Waals surface area contributed by atoms with E-state index in [9.17, 15) is 10.0 Å². The van der Waals surface area contributed by atoms with E-state index in [2.05, 4.69) is 40.7 Å². The number of carbonyl (C=O) groups is 1. The maximum atomic E-state index is 12.8. The van der Waals surface area contributed by atoms with Crippen LogP contribution < -0.4 is 5.23 Å². The van der Waals surface area contributed by atoms with Crippen LogP contribution in [-0.4, -0.2) is 17.3 Å². The molecule has 0 bridgehead atoms. The Hall–Kier alpha value is -1.69. The van der Waals surface area contributed by atoms with Crippen molar-refractivity contribution in [2.45, 2.75) is 111 Å². The third-order valence-electron chi connectivity index (χ3n) is 11.9. The number of benzene rings is 1. The number of quaternary nitrogens is 1. The van der Waals surface area contributed by atoms with Crippen molar-refractivity contribution in [3.63, 3.8) is 0 Å². The van der Waals surface area contributed by atoms with E-state index in [1.165, 1.54) is 69.1 Å². The lowest BCUT2D eigenvalue weighted by atomic mass is 9.47. The minimum Gasteiger partial charge on any atom is -0.595 e. The van der Waals surface area contributed by atoms with Crippen molar-refractivity contribution in [1.82, 2.24) is 0 Å². The van der Waals surface area contributed by atoms with Crippen LogP contribution in [0.4, 0.5) is 5.69 Å². The van der Waals surface area contributed by atoms with Gasteiger partial charge in [-0.2, -0.15) is 5.23 Å². The summed E-state index contributed by atoms with van der Waals surface area (Å²) >= 11 is 0. The number of allylic oxidation sites excluding steroid dienone is 1. The van der Waals surface area contributed by atoms with Crippen molar-refractivity contribution in [1.29, 1.82) is 0 Å². The number of ether oxygens (including phenoxy) is 1. The highest BCUT2D eigenvalue weighted by Crippen LogP contribution is 2.67. The van der Waals surface area contributed by atoms with Crippen LogP contribution in [0.15, 0.2) is 35.9 Å². The monoisotopic (exact) mass is 537 g/mol. The lowest BCUT2D eigenvalue weighted by Crippen LogP contribution is -2.99. The van der Waals surface area contributed by atoms with Crippen LogP contribution in [0.25, 0.3) is 0 Å². The zero-order valence-electron chi connectivity index (χ0n) is 24.9. The fourth-order valence-electron chi connectivity index (χ4n) is 9.72. The summed E-state index contributed by atoms with van der Waals surface area (Å²) in [6.45, 7) is 12.4. The molecule has 4 aliphatic rings. The van der Waals surface area contributed by atoms with Gasteiger partial charge in [-0.25, -0.2) is 10.0 Å². The van der Waals surface area contributed by atoms with Crippen molar-refractivity contribution >= 4 is 11.7 Å². The number of hydrogen-bond donors (Lipinski definition) is 2. The summed E-state index contributed by atoms with van der Waals surface area (Å²) < 4.78 is 5.95. The summed E-state index contributed by atoms with van der Waals surface area (Å²) in [5.41, 5.74) is 2.86. The molecule has 3 saturated carbocycles. The predicted octanol–water partition coefficient (Wildman–Crippen LogP) is 7.66. The first-order chi connectivity index (χ1) is 18.5.